The van der Waals surface area contributed by atoms with E-state index in [-0.39, 0.29) is 11.8 Å². The molecule has 5 nitrogen and oxygen atoms in total. The van der Waals surface area contributed by atoms with E-state index in [1.807, 2.05) is 0 Å². The molecule has 5 heteroatoms. The number of hydrogen-bond acceptors (Lipinski definition) is 5. The van der Waals surface area contributed by atoms with Crippen molar-refractivity contribution in [1.29, 1.82) is 0 Å². The molecule has 1 heterocycles. The molecule has 1 aliphatic rings. The SMILES string of the molecule is COC(CC(C)(CN)N1CCCC(N(C)C)C1)OC. The summed E-state index contributed by atoms with van der Waals surface area (Å²) in [7, 11) is 7.68. The highest BCUT2D eigenvalue weighted by atomic mass is 16.7. The number of methoxy groups -OCH3 is 2. The lowest BCUT2D eigenvalue weighted by atomic mass is 9.91. The normalized spacial score (nSPS) is 24.9. The second-order valence-electron chi connectivity index (χ2n) is 6.01. The summed E-state index contributed by atoms with van der Waals surface area (Å²) in [6.45, 7) is 5.02. The molecule has 0 bridgehead atoms. The minimum absolute atomic E-state index is 0.0641. The average molecular weight is 273 g/mol. The first-order valence-corrected chi connectivity index (χ1v) is 7.14. The van der Waals surface area contributed by atoms with Crippen molar-refractivity contribution in [2.45, 2.75) is 44.1 Å². The Hall–Kier alpha value is -0.200. The molecule has 2 unspecified atom stereocenters. The smallest absolute Gasteiger partial charge is 0.158 e. The van der Waals surface area contributed by atoms with Gasteiger partial charge < -0.3 is 20.1 Å². The van der Waals surface area contributed by atoms with Crippen LogP contribution in [-0.2, 0) is 9.47 Å². The number of nitrogens with zero attached hydrogens (tertiary/aromatic N) is 2. The van der Waals surface area contributed by atoms with E-state index >= 15 is 0 Å². The van der Waals surface area contributed by atoms with Gasteiger partial charge in [-0.2, -0.15) is 0 Å². The van der Waals surface area contributed by atoms with E-state index in [0.717, 1.165) is 19.5 Å². The zero-order chi connectivity index (χ0) is 14.5. The van der Waals surface area contributed by atoms with E-state index in [2.05, 4.69) is 30.8 Å². The highest BCUT2D eigenvalue weighted by molar-refractivity contribution is 4.93. The van der Waals surface area contributed by atoms with Gasteiger partial charge >= 0.3 is 0 Å². The van der Waals surface area contributed by atoms with E-state index in [9.17, 15) is 0 Å². The van der Waals surface area contributed by atoms with Crippen LogP contribution in [-0.4, -0.2) is 75.6 Å². The van der Waals surface area contributed by atoms with Crippen LogP contribution in [0.5, 0.6) is 0 Å². The van der Waals surface area contributed by atoms with Gasteiger partial charge in [-0.05, 0) is 40.4 Å². The molecule has 0 aromatic rings. The van der Waals surface area contributed by atoms with E-state index < -0.39 is 0 Å². The number of rotatable bonds is 7. The summed E-state index contributed by atoms with van der Waals surface area (Å²) in [6.07, 6.45) is 3.11. The van der Waals surface area contributed by atoms with Crippen molar-refractivity contribution >= 4 is 0 Å². The van der Waals surface area contributed by atoms with Crippen molar-refractivity contribution in [3.8, 4) is 0 Å². The molecule has 1 rings (SSSR count). The molecule has 19 heavy (non-hydrogen) atoms. The Labute approximate surface area is 118 Å². The highest BCUT2D eigenvalue weighted by Gasteiger charge is 2.36. The second-order valence-corrected chi connectivity index (χ2v) is 6.01. The molecule has 1 saturated heterocycles. The van der Waals surface area contributed by atoms with E-state index in [4.69, 9.17) is 15.2 Å². The molecule has 1 aliphatic heterocycles. The van der Waals surface area contributed by atoms with E-state index in [1.165, 1.54) is 12.8 Å². The van der Waals surface area contributed by atoms with Gasteiger partial charge in [0.1, 0.15) is 0 Å². The summed E-state index contributed by atoms with van der Waals surface area (Å²) >= 11 is 0. The van der Waals surface area contributed by atoms with Gasteiger partial charge in [0.15, 0.2) is 6.29 Å². The van der Waals surface area contributed by atoms with Crippen LogP contribution in [0, 0.1) is 0 Å². The van der Waals surface area contributed by atoms with Crippen LogP contribution in [0.2, 0.25) is 0 Å². The summed E-state index contributed by atoms with van der Waals surface area (Å²) in [5, 5.41) is 0. The fourth-order valence-electron chi connectivity index (χ4n) is 2.83. The fraction of sp³-hybridized carbons (Fsp3) is 1.00. The second kappa shape index (κ2) is 7.55. The Morgan fingerprint density at radius 1 is 1.37 bits per heavy atom. The molecular formula is C14H31N3O2. The zero-order valence-electron chi connectivity index (χ0n) is 13.2. The lowest BCUT2D eigenvalue weighted by Crippen LogP contribution is -2.59. The molecule has 0 spiro atoms. The quantitative estimate of drug-likeness (QED) is 0.693. The van der Waals surface area contributed by atoms with Crippen LogP contribution in [0.1, 0.15) is 26.2 Å². The standard InChI is InChI=1S/C14H31N3O2/c1-14(11-15,9-13(18-4)19-5)17-8-6-7-12(10-17)16(2)3/h12-13H,6-11,15H2,1-5H3. The Kier molecular flexibility index (Phi) is 6.69. The van der Waals surface area contributed by atoms with Crippen molar-refractivity contribution in [2.75, 3.05) is 47.9 Å². The number of nitrogens with two attached hydrogens (primary N) is 1. The summed E-state index contributed by atoms with van der Waals surface area (Å²) in [6, 6.07) is 0.614. The lowest BCUT2D eigenvalue weighted by Gasteiger charge is -2.47. The summed E-state index contributed by atoms with van der Waals surface area (Å²) in [5.41, 5.74) is 5.99. The molecule has 0 aliphatic carbocycles. The number of hydrogen-bond donors (Lipinski definition) is 1. The maximum Gasteiger partial charge on any atom is 0.158 e. The summed E-state index contributed by atoms with van der Waals surface area (Å²) < 4.78 is 10.7. The van der Waals surface area contributed by atoms with Gasteiger partial charge in [0, 0.05) is 45.3 Å². The lowest BCUT2D eigenvalue weighted by molar-refractivity contribution is -0.131. The first-order chi connectivity index (χ1) is 8.96. The van der Waals surface area contributed by atoms with Gasteiger partial charge in [0.25, 0.3) is 0 Å². The Morgan fingerprint density at radius 3 is 2.47 bits per heavy atom. The third kappa shape index (κ3) is 4.39. The predicted octanol–water partition coefficient (Wildman–Crippen LogP) is 0.739. The molecule has 0 aromatic carbocycles. The maximum absolute atomic E-state index is 6.05. The predicted molar refractivity (Wildman–Crippen MR) is 78.2 cm³/mol. The first kappa shape index (κ1) is 16.9. The van der Waals surface area contributed by atoms with Crippen LogP contribution >= 0.6 is 0 Å². The molecular weight excluding hydrogens is 242 g/mol. The summed E-state index contributed by atoms with van der Waals surface area (Å²) in [5.74, 6) is 0. The molecule has 114 valence electrons. The minimum Gasteiger partial charge on any atom is -0.356 e. The fourth-order valence-corrected chi connectivity index (χ4v) is 2.83. The van der Waals surface area contributed by atoms with Gasteiger partial charge in [-0.15, -0.1) is 0 Å². The number of ether oxygens (including phenoxy) is 2. The van der Waals surface area contributed by atoms with Crippen LogP contribution in [0.25, 0.3) is 0 Å². The zero-order valence-corrected chi connectivity index (χ0v) is 13.2. The van der Waals surface area contributed by atoms with Crippen LogP contribution < -0.4 is 5.73 Å². The number of likely N-dealkylation sites (tertiary alicyclic amines) is 1. The van der Waals surface area contributed by atoms with E-state index in [0.29, 0.717) is 12.6 Å². The van der Waals surface area contributed by atoms with E-state index in [1.54, 1.807) is 14.2 Å². The van der Waals surface area contributed by atoms with Crippen molar-refractivity contribution < 1.29 is 9.47 Å². The molecule has 1 fully saturated rings. The molecule has 0 amide bonds. The third-order valence-electron chi connectivity index (χ3n) is 4.46. The third-order valence-corrected chi connectivity index (χ3v) is 4.46. The highest BCUT2D eigenvalue weighted by Crippen LogP contribution is 2.26. The van der Waals surface area contributed by atoms with Crippen LogP contribution in [0.15, 0.2) is 0 Å². The molecule has 2 atom stereocenters. The molecule has 0 radical (unpaired) electrons. The van der Waals surface area contributed by atoms with Gasteiger partial charge in [-0.25, -0.2) is 0 Å². The number of piperidine rings is 1. The topological polar surface area (TPSA) is 51.0 Å². The minimum atomic E-state index is -0.187. The van der Waals surface area contributed by atoms with Crippen LogP contribution in [0.3, 0.4) is 0 Å². The first-order valence-electron chi connectivity index (χ1n) is 7.14. The van der Waals surface area contributed by atoms with Crippen molar-refractivity contribution in [2.24, 2.45) is 5.73 Å². The monoisotopic (exact) mass is 273 g/mol. The van der Waals surface area contributed by atoms with Gasteiger partial charge in [0.05, 0.1) is 0 Å². The Morgan fingerprint density at radius 2 is 2.00 bits per heavy atom. The molecule has 0 saturated carbocycles. The maximum atomic E-state index is 6.05. The van der Waals surface area contributed by atoms with Crippen molar-refractivity contribution in [1.82, 2.24) is 9.80 Å². The average Bonchev–Trinajstić information content (AvgIpc) is 2.44. The van der Waals surface area contributed by atoms with Crippen molar-refractivity contribution in [3.63, 3.8) is 0 Å². The Bertz CT molecular complexity index is 259. The molecule has 0 aromatic heterocycles. The number of likely N-dealkylation sites (N-methyl/N-ethyl adjacent to an activating group) is 1. The largest absolute Gasteiger partial charge is 0.356 e. The van der Waals surface area contributed by atoms with Gasteiger partial charge in [-0.1, -0.05) is 0 Å². The Balaban J connectivity index is 2.71. The van der Waals surface area contributed by atoms with Crippen LogP contribution in [0.4, 0.5) is 0 Å². The van der Waals surface area contributed by atoms with Crippen molar-refractivity contribution in [3.05, 3.63) is 0 Å². The molecule has 2 N–H and O–H groups in total. The van der Waals surface area contributed by atoms with Gasteiger partial charge in [0.2, 0.25) is 0 Å². The van der Waals surface area contributed by atoms with Gasteiger partial charge in [-0.3, -0.25) is 4.90 Å². The summed E-state index contributed by atoms with van der Waals surface area (Å²) in [4.78, 5) is 4.82.